The smallest absolute Gasteiger partial charge is 0.315 e. The van der Waals surface area contributed by atoms with Crippen LogP contribution in [0.4, 0.5) is 4.79 Å². The molecule has 0 unspecified atom stereocenters. The van der Waals surface area contributed by atoms with Crippen LogP contribution in [-0.2, 0) is 22.4 Å². The molecule has 1 aromatic carbocycles. The van der Waals surface area contributed by atoms with Crippen molar-refractivity contribution in [1.82, 2.24) is 25.9 Å². The van der Waals surface area contributed by atoms with Crippen molar-refractivity contribution in [3.05, 3.63) is 48.0 Å². The van der Waals surface area contributed by atoms with E-state index in [1.54, 1.807) is 13.4 Å². The number of benzene rings is 1. The molecule has 1 atom stereocenters. The van der Waals surface area contributed by atoms with Crippen molar-refractivity contribution in [2.75, 3.05) is 33.4 Å². The number of nitrogens with one attached hydrogen (secondary N) is 4. The highest BCUT2D eigenvalue weighted by Crippen LogP contribution is 2.45. The summed E-state index contributed by atoms with van der Waals surface area (Å²) >= 11 is 0. The molecule has 4 rings (SSSR count). The van der Waals surface area contributed by atoms with Crippen LogP contribution in [0.1, 0.15) is 56.2 Å². The normalized spacial score (nSPS) is 18.5. The van der Waals surface area contributed by atoms with Gasteiger partial charge in [0, 0.05) is 19.2 Å². The Bertz CT molecular complexity index is 967. The number of esters is 1. The van der Waals surface area contributed by atoms with Crippen LogP contribution in [0.2, 0.25) is 0 Å². The van der Waals surface area contributed by atoms with Gasteiger partial charge in [-0.15, -0.1) is 0 Å². The van der Waals surface area contributed by atoms with Gasteiger partial charge in [-0.2, -0.15) is 0 Å². The summed E-state index contributed by atoms with van der Waals surface area (Å²) in [4.78, 5) is 33.5. The number of nitrogens with zero attached hydrogens (tertiary/aromatic N) is 1. The second kappa shape index (κ2) is 13.5. The number of H-pyrrole nitrogens is 1. The van der Waals surface area contributed by atoms with E-state index in [1.807, 2.05) is 30.5 Å². The van der Waals surface area contributed by atoms with E-state index in [2.05, 4.69) is 25.9 Å². The van der Waals surface area contributed by atoms with Crippen molar-refractivity contribution in [3.63, 3.8) is 0 Å². The van der Waals surface area contributed by atoms with Crippen LogP contribution in [0.25, 0.3) is 0 Å². The van der Waals surface area contributed by atoms with E-state index in [9.17, 15) is 9.59 Å². The maximum Gasteiger partial charge on any atom is 0.315 e. The van der Waals surface area contributed by atoms with E-state index in [0.29, 0.717) is 25.3 Å². The fraction of sp³-hybridized carbons (Fsp3) is 0.607. The van der Waals surface area contributed by atoms with Crippen molar-refractivity contribution < 1.29 is 19.1 Å². The molecule has 0 bridgehead atoms. The molecule has 9 heteroatoms. The number of rotatable bonds is 11. The minimum absolute atomic E-state index is 0.0960. The average molecular weight is 512 g/mol. The first-order chi connectivity index (χ1) is 18.1. The average Bonchev–Trinajstić information content (AvgIpc) is 3.46. The summed E-state index contributed by atoms with van der Waals surface area (Å²) in [6.07, 6.45) is 12.1. The molecule has 202 valence electrons. The Morgan fingerprint density at radius 1 is 1.14 bits per heavy atom. The number of amides is 2. The standard InChI is InChI=1S/C28H41N5O4/c1-36-25-9-7-21(8-10-25)17-24(33-27(35)31-14-11-23-18-30-20-32-23)19-37-26(34)28(12-15-29-16-13-28)22-5-3-2-4-6-22/h7-10,18,20,22,24,29H,2-6,11-17,19H2,1H3,(H,30,32)(H2,31,33,35)/t24-/m0/s1. The van der Waals surface area contributed by atoms with Crippen LogP contribution in [0.15, 0.2) is 36.8 Å². The Balaban J connectivity index is 1.39. The molecule has 0 radical (unpaired) electrons. The summed E-state index contributed by atoms with van der Waals surface area (Å²) in [5.74, 6) is 1.06. The van der Waals surface area contributed by atoms with E-state index < -0.39 is 5.41 Å². The monoisotopic (exact) mass is 511 g/mol. The van der Waals surface area contributed by atoms with Crippen LogP contribution in [0, 0.1) is 11.3 Å². The number of carbonyl (C=O) groups is 2. The molecule has 1 saturated carbocycles. The SMILES string of the molecule is COc1ccc(C[C@@H](COC(=O)C2(C3CCCCC3)CCNCC2)NC(=O)NCCc2c[nH]cn2)cc1. The van der Waals surface area contributed by atoms with Crippen LogP contribution in [0.5, 0.6) is 5.75 Å². The highest BCUT2D eigenvalue weighted by molar-refractivity contribution is 5.78. The van der Waals surface area contributed by atoms with Crippen molar-refractivity contribution in [1.29, 1.82) is 0 Å². The first kappa shape index (κ1) is 27.0. The third kappa shape index (κ3) is 7.47. The summed E-state index contributed by atoms with van der Waals surface area (Å²) < 4.78 is 11.3. The highest BCUT2D eigenvalue weighted by atomic mass is 16.5. The minimum Gasteiger partial charge on any atom is -0.497 e. The predicted octanol–water partition coefficient (Wildman–Crippen LogP) is 3.36. The molecule has 2 amide bonds. The summed E-state index contributed by atoms with van der Waals surface area (Å²) in [6, 6.07) is 7.11. The van der Waals surface area contributed by atoms with Gasteiger partial charge >= 0.3 is 12.0 Å². The molecule has 4 N–H and O–H groups in total. The van der Waals surface area contributed by atoms with Gasteiger partial charge in [0.25, 0.3) is 0 Å². The lowest BCUT2D eigenvalue weighted by atomic mass is 9.64. The molecule has 2 heterocycles. The lowest BCUT2D eigenvalue weighted by molar-refractivity contribution is -0.164. The third-order valence-electron chi connectivity index (χ3n) is 7.90. The fourth-order valence-electron chi connectivity index (χ4n) is 5.79. The zero-order valence-corrected chi connectivity index (χ0v) is 21.9. The van der Waals surface area contributed by atoms with Crippen LogP contribution in [-0.4, -0.2) is 61.4 Å². The van der Waals surface area contributed by atoms with Gasteiger partial charge in [-0.3, -0.25) is 4.79 Å². The summed E-state index contributed by atoms with van der Waals surface area (Å²) in [5.41, 5.74) is 1.50. The van der Waals surface area contributed by atoms with Gasteiger partial charge in [0.05, 0.1) is 30.6 Å². The zero-order valence-electron chi connectivity index (χ0n) is 21.9. The number of urea groups is 1. The van der Waals surface area contributed by atoms with Gasteiger partial charge in [-0.05, 0) is 68.8 Å². The van der Waals surface area contributed by atoms with Crippen molar-refractivity contribution >= 4 is 12.0 Å². The van der Waals surface area contributed by atoms with E-state index in [4.69, 9.17) is 9.47 Å². The topological polar surface area (TPSA) is 117 Å². The number of aromatic amines is 1. The maximum atomic E-state index is 13.6. The van der Waals surface area contributed by atoms with E-state index in [0.717, 1.165) is 55.8 Å². The van der Waals surface area contributed by atoms with Crippen molar-refractivity contribution in [3.8, 4) is 5.75 Å². The Labute approximate surface area is 219 Å². The summed E-state index contributed by atoms with van der Waals surface area (Å²) in [7, 11) is 1.63. The molecule has 1 aromatic heterocycles. The Morgan fingerprint density at radius 3 is 2.57 bits per heavy atom. The molecule has 0 spiro atoms. The molecule has 9 nitrogen and oxygen atoms in total. The fourth-order valence-corrected chi connectivity index (χ4v) is 5.79. The lowest BCUT2D eigenvalue weighted by Crippen LogP contribution is -2.50. The number of ether oxygens (including phenoxy) is 2. The molecular formula is C28H41N5O4. The summed E-state index contributed by atoms with van der Waals surface area (Å²) in [5, 5.41) is 9.32. The number of hydrogen-bond donors (Lipinski definition) is 4. The molecule has 2 aliphatic rings. The first-order valence-electron chi connectivity index (χ1n) is 13.6. The molecule has 1 aliphatic heterocycles. The van der Waals surface area contributed by atoms with Crippen LogP contribution in [0.3, 0.4) is 0 Å². The lowest BCUT2D eigenvalue weighted by Gasteiger charge is -2.43. The Kier molecular flexibility index (Phi) is 9.82. The molecule has 37 heavy (non-hydrogen) atoms. The zero-order chi connectivity index (χ0) is 25.9. The maximum absolute atomic E-state index is 13.6. The number of imidazole rings is 1. The molecule has 2 aromatic rings. The molecule has 2 fully saturated rings. The van der Waals surface area contributed by atoms with Gasteiger partial charge in [0.1, 0.15) is 12.4 Å². The Hall–Kier alpha value is -3.07. The second-order valence-electron chi connectivity index (χ2n) is 10.3. The third-order valence-corrected chi connectivity index (χ3v) is 7.90. The number of hydrogen-bond acceptors (Lipinski definition) is 6. The van der Waals surface area contributed by atoms with Crippen molar-refractivity contribution in [2.45, 2.75) is 63.8 Å². The van der Waals surface area contributed by atoms with Crippen LogP contribution >= 0.6 is 0 Å². The van der Waals surface area contributed by atoms with E-state index in [-0.39, 0.29) is 24.6 Å². The molecule has 1 aliphatic carbocycles. The number of methoxy groups -OCH3 is 1. The van der Waals surface area contributed by atoms with E-state index >= 15 is 0 Å². The molecule has 1 saturated heterocycles. The van der Waals surface area contributed by atoms with Gasteiger partial charge in [0.15, 0.2) is 0 Å². The number of aromatic nitrogens is 2. The van der Waals surface area contributed by atoms with E-state index in [1.165, 1.54) is 19.3 Å². The number of piperidine rings is 1. The number of carbonyl (C=O) groups excluding carboxylic acids is 2. The predicted molar refractivity (Wildman–Crippen MR) is 141 cm³/mol. The Morgan fingerprint density at radius 2 is 1.89 bits per heavy atom. The van der Waals surface area contributed by atoms with Gasteiger partial charge in [-0.1, -0.05) is 31.4 Å². The van der Waals surface area contributed by atoms with Crippen molar-refractivity contribution in [2.24, 2.45) is 11.3 Å². The van der Waals surface area contributed by atoms with Gasteiger partial charge in [-0.25, -0.2) is 9.78 Å². The largest absolute Gasteiger partial charge is 0.497 e. The second-order valence-corrected chi connectivity index (χ2v) is 10.3. The van der Waals surface area contributed by atoms with Gasteiger partial charge < -0.3 is 30.4 Å². The summed E-state index contributed by atoms with van der Waals surface area (Å²) in [6.45, 7) is 2.29. The molecular weight excluding hydrogens is 470 g/mol. The highest BCUT2D eigenvalue weighted by Gasteiger charge is 2.47. The minimum atomic E-state index is -0.415. The quantitative estimate of drug-likeness (QED) is 0.344. The van der Waals surface area contributed by atoms with Crippen LogP contribution < -0.4 is 20.7 Å². The van der Waals surface area contributed by atoms with Gasteiger partial charge in [0.2, 0.25) is 0 Å². The first-order valence-corrected chi connectivity index (χ1v) is 13.6.